The Bertz CT molecular complexity index is 478. The molecule has 0 saturated carbocycles. The minimum absolute atomic E-state index is 0.0442. The van der Waals surface area contributed by atoms with Crippen molar-refractivity contribution < 1.29 is 4.79 Å². The molecule has 0 aromatic heterocycles. The monoisotopic (exact) mass is 243 g/mol. The van der Waals surface area contributed by atoms with E-state index >= 15 is 0 Å². The Morgan fingerprint density at radius 3 is 3.00 bits per heavy atom. The molecule has 4 nitrogen and oxygen atoms in total. The first kappa shape index (κ1) is 12.4. The zero-order chi connectivity index (χ0) is 13.0. The van der Waals surface area contributed by atoms with Crippen LogP contribution in [0.4, 0.5) is 5.69 Å². The summed E-state index contributed by atoms with van der Waals surface area (Å²) in [5, 5.41) is 11.8. The van der Waals surface area contributed by atoms with Gasteiger partial charge in [0.25, 0.3) is 0 Å². The lowest BCUT2D eigenvalue weighted by molar-refractivity contribution is -0.121. The number of amides is 1. The van der Waals surface area contributed by atoms with Crippen LogP contribution in [0.5, 0.6) is 0 Å². The van der Waals surface area contributed by atoms with Crippen LogP contribution in [-0.2, 0) is 4.79 Å². The van der Waals surface area contributed by atoms with E-state index in [0.29, 0.717) is 6.54 Å². The van der Waals surface area contributed by atoms with Crippen LogP contribution in [0.1, 0.15) is 18.4 Å². The molecular weight excluding hydrogens is 226 g/mol. The normalized spacial score (nSPS) is 19.9. The molecule has 1 N–H and O–H groups in total. The average Bonchev–Trinajstić information content (AvgIpc) is 2.54. The average molecular weight is 243 g/mol. The number of anilines is 1. The summed E-state index contributed by atoms with van der Waals surface area (Å²) in [5.41, 5.74) is 2.19. The second-order valence-electron chi connectivity index (χ2n) is 4.50. The Hall–Kier alpha value is -2.02. The highest BCUT2D eigenvalue weighted by Crippen LogP contribution is 2.24. The van der Waals surface area contributed by atoms with E-state index in [2.05, 4.69) is 16.3 Å². The summed E-state index contributed by atoms with van der Waals surface area (Å²) in [4.78, 5) is 14.1. The molecule has 0 aliphatic carbocycles. The third-order valence-corrected chi connectivity index (χ3v) is 3.26. The quantitative estimate of drug-likeness (QED) is 0.858. The number of benzene rings is 1. The smallest absolute Gasteiger partial charge is 0.243 e. The molecule has 0 bridgehead atoms. The molecule has 1 amide bonds. The molecule has 0 spiro atoms. The van der Waals surface area contributed by atoms with Crippen molar-refractivity contribution >= 4 is 11.6 Å². The molecule has 0 radical (unpaired) electrons. The van der Waals surface area contributed by atoms with Crippen molar-refractivity contribution in [2.24, 2.45) is 0 Å². The maximum absolute atomic E-state index is 12.0. The van der Waals surface area contributed by atoms with Gasteiger partial charge in [-0.05, 0) is 25.0 Å². The van der Waals surface area contributed by atoms with Crippen molar-refractivity contribution in [2.75, 3.05) is 18.0 Å². The van der Waals surface area contributed by atoms with E-state index in [9.17, 15) is 4.79 Å². The summed E-state index contributed by atoms with van der Waals surface area (Å²) >= 11 is 0. The van der Waals surface area contributed by atoms with E-state index in [-0.39, 0.29) is 18.4 Å². The lowest BCUT2D eigenvalue weighted by Gasteiger charge is -2.30. The first-order chi connectivity index (χ1) is 8.74. The number of hydrogen-bond acceptors (Lipinski definition) is 3. The van der Waals surface area contributed by atoms with Crippen LogP contribution >= 0.6 is 0 Å². The van der Waals surface area contributed by atoms with Crippen LogP contribution in [0.3, 0.4) is 0 Å². The fourth-order valence-corrected chi connectivity index (χ4v) is 2.34. The van der Waals surface area contributed by atoms with Gasteiger partial charge in [0.05, 0.1) is 12.5 Å². The molecular formula is C14H17N3O. The van der Waals surface area contributed by atoms with E-state index in [1.807, 2.05) is 31.2 Å². The molecule has 4 heteroatoms. The largest absolute Gasteiger partial charge is 0.358 e. The second kappa shape index (κ2) is 5.54. The summed E-state index contributed by atoms with van der Waals surface area (Å²) in [6.45, 7) is 3.51. The minimum Gasteiger partial charge on any atom is -0.358 e. The number of aryl methyl sites for hydroxylation is 1. The molecule has 1 saturated heterocycles. The molecule has 1 aliphatic heterocycles. The molecule has 1 aromatic rings. The predicted molar refractivity (Wildman–Crippen MR) is 70.2 cm³/mol. The number of carbonyl (C=O) groups is 1. The van der Waals surface area contributed by atoms with Crippen molar-refractivity contribution in [1.82, 2.24) is 5.32 Å². The Morgan fingerprint density at radius 2 is 2.28 bits per heavy atom. The molecule has 1 aromatic carbocycles. The van der Waals surface area contributed by atoms with Gasteiger partial charge in [-0.25, -0.2) is 0 Å². The van der Waals surface area contributed by atoms with Gasteiger partial charge < -0.3 is 10.2 Å². The maximum atomic E-state index is 12.0. The van der Waals surface area contributed by atoms with Gasteiger partial charge in [-0.3, -0.25) is 4.79 Å². The molecule has 94 valence electrons. The van der Waals surface area contributed by atoms with Gasteiger partial charge in [0.15, 0.2) is 0 Å². The number of nitrogens with one attached hydrogen (secondary N) is 1. The number of para-hydroxylation sites is 1. The van der Waals surface area contributed by atoms with Crippen LogP contribution < -0.4 is 10.2 Å². The van der Waals surface area contributed by atoms with Gasteiger partial charge in [0.1, 0.15) is 6.04 Å². The lowest BCUT2D eigenvalue weighted by Crippen LogP contribution is -2.44. The highest BCUT2D eigenvalue weighted by molar-refractivity contribution is 5.86. The fraction of sp³-hybridized carbons (Fsp3) is 0.429. The molecule has 1 aliphatic rings. The standard InChI is InChI=1S/C14H17N3O/c1-11-5-2-3-6-12(11)17-10-4-9-16-14(18)13(17)7-8-15/h2-3,5-6,13H,4,7,9-10H2,1H3,(H,16,18). The van der Waals surface area contributed by atoms with Crippen LogP contribution in [0, 0.1) is 18.3 Å². The molecule has 1 unspecified atom stereocenters. The lowest BCUT2D eigenvalue weighted by atomic mass is 10.1. The Morgan fingerprint density at radius 1 is 1.50 bits per heavy atom. The van der Waals surface area contributed by atoms with E-state index in [1.54, 1.807) is 0 Å². The summed E-state index contributed by atoms with van der Waals surface area (Å²) in [7, 11) is 0. The summed E-state index contributed by atoms with van der Waals surface area (Å²) < 4.78 is 0. The number of hydrogen-bond donors (Lipinski definition) is 1. The molecule has 1 atom stereocenters. The highest BCUT2D eigenvalue weighted by Gasteiger charge is 2.28. The van der Waals surface area contributed by atoms with E-state index in [0.717, 1.165) is 24.2 Å². The number of nitrogens with zero attached hydrogens (tertiary/aromatic N) is 2. The fourth-order valence-electron chi connectivity index (χ4n) is 2.34. The van der Waals surface area contributed by atoms with Crippen molar-refractivity contribution in [3.05, 3.63) is 29.8 Å². The van der Waals surface area contributed by atoms with Crippen molar-refractivity contribution in [3.63, 3.8) is 0 Å². The summed E-state index contributed by atoms with van der Waals surface area (Å²) in [5.74, 6) is -0.0442. The van der Waals surface area contributed by atoms with Gasteiger partial charge in [0, 0.05) is 18.8 Å². The van der Waals surface area contributed by atoms with E-state index in [1.165, 1.54) is 0 Å². The molecule has 1 heterocycles. The van der Waals surface area contributed by atoms with Gasteiger partial charge in [0.2, 0.25) is 5.91 Å². The maximum Gasteiger partial charge on any atom is 0.243 e. The molecule has 2 rings (SSSR count). The third kappa shape index (κ3) is 2.45. The number of carbonyl (C=O) groups excluding carboxylic acids is 1. The Labute approximate surface area is 107 Å². The Balaban J connectivity index is 2.35. The Kier molecular flexibility index (Phi) is 3.83. The van der Waals surface area contributed by atoms with Crippen molar-refractivity contribution in [2.45, 2.75) is 25.8 Å². The number of rotatable bonds is 2. The van der Waals surface area contributed by atoms with Gasteiger partial charge in [-0.1, -0.05) is 18.2 Å². The first-order valence-electron chi connectivity index (χ1n) is 6.21. The number of nitriles is 1. The predicted octanol–water partition coefficient (Wildman–Crippen LogP) is 1.60. The zero-order valence-electron chi connectivity index (χ0n) is 10.5. The SMILES string of the molecule is Cc1ccccc1N1CCCNC(=O)C1CC#N. The molecule has 18 heavy (non-hydrogen) atoms. The first-order valence-corrected chi connectivity index (χ1v) is 6.21. The van der Waals surface area contributed by atoms with Gasteiger partial charge in [-0.15, -0.1) is 0 Å². The minimum atomic E-state index is -0.376. The third-order valence-electron chi connectivity index (χ3n) is 3.26. The topological polar surface area (TPSA) is 56.1 Å². The summed E-state index contributed by atoms with van der Waals surface area (Å²) in [6, 6.07) is 9.73. The van der Waals surface area contributed by atoms with E-state index < -0.39 is 0 Å². The zero-order valence-corrected chi connectivity index (χ0v) is 10.5. The van der Waals surface area contributed by atoms with Crippen molar-refractivity contribution in [3.8, 4) is 6.07 Å². The van der Waals surface area contributed by atoms with Crippen LogP contribution in [0.25, 0.3) is 0 Å². The highest BCUT2D eigenvalue weighted by atomic mass is 16.2. The van der Waals surface area contributed by atoms with Gasteiger partial charge in [-0.2, -0.15) is 5.26 Å². The van der Waals surface area contributed by atoms with Crippen molar-refractivity contribution in [1.29, 1.82) is 5.26 Å². The van der Waals surface area contributed by atoms with Crippen LogP contribution in [0.2, 0.25) is 0 Å². The second-order valence-corrected chi connectivity index (χ2v) is 4.50. The van der Waals surface area contributed by atoms with Gasteiger partial charge >= 0.3 is 0 Å². The molecule has 1 fully saturated rings. The summed E-state index contributed by atoms with van der Waals surface area (Å²) in [6.07, 6.45) is 1.13. The van der Waals surface area contributed by atoms with E-state index in [4.69, 9.17) is 5.26 Å². The van der Waals surface area contributed by atoms with Crippen LogP contribution in [-0.4, -0.2) is 25.0 Å². The van der Waals surface area contributed by atoms with Crippen LogP contribution in [0.15, 0.2) is 24.3 Å².